The quantitative estimate of drug-likeness (QED) is 0.877. The molecular formula is C15H19NO2S. The van der Waals surface area contributed by atoms with E-state index in [-0.39, 0.29) is 6.04 Å². The van der Waals surface area contributed by atoms with Crippen molar-refractivity contribution in [3.8, 4) is 11.5 Å². The van der Waals surface area contributed by atoms with Gasteiger partial charge in [0.25, 0.3) is 0 Å². The Kier molecular flexibility index (Phi) is 4.82. The van der Waals surface area contributed by atoms with Crippen molar-refractivity contribution in [3.63, 3.8) is 0 Å². The van der Waals surface area contributed by atoms with Crippen LogP contribution in [0.3, 0.4) is 0 Å². The molecule has 0 aliphatic carbocycles. The zero-order valence-corrected chi connectivity index (χ0v) is 12.3. The zero-order valence-electron chi connectivity index (χ0n) is 11.5. The Hall–Kier alpha value is -1.52. The first-order valence-electron chi connectivity index (χ1n) is 6.28. The largest absolute Gasteiger partial charge is 0.493 e. The van der Waals surface area contributed by atoms with Crippen molar-refractivity contribution in [2.75, 3.05) is 20.8 Å². The third-order valence-corrected chi connectivity index (χ3v) is 3.91. The van der Waals surface area contributed by atoms with E-state index >= 15 is 0 Å². The van der Waals surface area contributed by atoms with E-state index in [0.717, 1.165) is 18.0 Å². The van der Waals surface area contributed by atoms with E-state index in [2.05, 4.69) is 35.8 Å². The van der Waals surface area contributed by atoms with Crippen molar-refractivity contribution in [1.82, 2.24) is 5.32 Å². The number of nitrogens with one attached hydrogen (secondary N) is 1. The maximum absolute atomic E-state index is 5.37. The third kappa shape index (κ3) is 3.08. The van der Waals surface area contributed by atoms with Crippen molar-refractivity contribution >= 4 is 11.3 Å². The van der Waals surface area contributed by atoms with Crippen molar-refractivity contribution in [2.45, 2.75) is 13.0 Å². The molecule has 3 nitrogen and oxygen atoms in total. The Morgan fingerprint density at radius 3 is 2.53 bits per heavy atom. The van der Waals surface area contributed by atoms with E-state index in [1.165, 1.54) is 10.4 Å². The molecule has 1 N–H and O–H groups in total. The minimum Gasteiger partial charge on any atom is -0.493 e. The number of hydrogen-bond donors (Lipinski definition) is 1. The highest BCUT2D eigenvalue weighted by molar-refractivity contribution is 7.10. The van der Waals surface area contributed by atoms with Crippen LogP contribution in [0.15, 0.2) is 35.7 Å². The summed E-state index contributed by atoms with van der Waals surface area (Å²) in [5, 5.41) is 5.60. The average Bonchev–Trinajstić information content (AvgIpc) is 2.98. The molecule has 1 atom stereocenters. The van der Waals surface area contributed by atoms with Gasteiger partial charge in [-0.05, 0) is 35.7 Å². The molecule has 1 heterocycles. The van der Waals surface area contributed by atoms with Gasteiger partial charge in [0.2, 0.25) is 0 Å². The van der Waals surface area contributed by atoms with Crippen LogP contribution >= 0.6 is 11.3 Å². The lowest BCUT2D eigenvalue weighted by Crippen LogP contribution is -2.21. The lowest BCUT2D eigenvalue weighted by atomic mass is 10.0. The zero-order chi connectivity index (χ0) is 13.7. The summed E-state index contributed by atoms with van der Waals surface area (Å²) >= 11 is 1.75. The van der Waals surface area contributed by atoms with Gasteiger partial charge in [-0.2, -0.15) is 0 Å². The van der Waals surface area contributed by atoms with Gasteiger partial charge in [0.05, 0.1) is 20.3 Å². The van der Waals surface area contributed by atoms with Crippen LogP contribution in [0.5, 0.6) is 11.5 Å². The number of benzene rings is 1. The SMILES string of the molecule is CCNC(c1ccc(OC)c(OC)c1)c1cccs1. The number of methoxy groups -OCH3 is 2. The van der Waals surface area contributed by atoms with Gasteiger partial charge in [0, 0.05) is 4.88 Å². The van der Waals surface area contributed by atoms with E-state index in [1.54, 1.807) is 25.6 Å². The summed E-state index contributed by atoms with van der Waals surface area (Å²) in [5.41, 5.74) is 1.18. The molecule has 0 amide bonds. The smallest absolute Gasteiger partial charge is 0.161 e. The molecule has 2 rings (SSSR count). The molecule has 0 aliphatic heterocycles. The number of hydrogen-bond acceptors (Lipinski definition) is 4. The van der Waals surface area contributed by atoms with Gasteiger partial charge in [0.1, 0.15) is 0 Å². The van der Waals surface area contributed by atoms with Crippen LogP contribution in [0.4, 0.5) is 0 Å². The van der Waals surface area contributed by atoms with E-state index in [0.29, 0.717) is 0 Å². The van der Waals surface area contributed by atoms with Gasteiger partial charge in [-0.25, -0.2) is 0 Å². The van der Waals surface area contributed by atoms with Gasteiger partial charge in [-0.15, -0.1) is 11.3 Å². The van der Waals surface area contributed by atoms with Gasteiger partial charge < -0.3 is 14.8 Å². The molecule has 1 unspecified atom stereocenters. The minimum absolute atomic E-state index is 0.199. The van der Waals surface area contributed by atoms with Gasteiger partial charge >= 0.3 is 0 Å². The summed E-state index contributed by atoms with van der Waals surface area (Å²) < 4.78 is 10.7. The van der Waals surface area contributed by atoms with Crippen LogP contribution in [-0.2, 0) is 0 Å². The second-order valence-corrected chi connectivity index (χ2v) is 5.10. The molecule has 0 radical (unpaired) electrons. The van der Waals surface area contributed by atoms with Gasteiger partial charge in [-0.3, -0.25) is 0 Å². The first-order chi connectivity index (χ1) is 9.30. The second kappa shape index (κ2) is 6.59. The molecule has 4 heteroatoms. The Balaban J connectivity index is 2.37. The van der Waals surface area contributed by atoms with Gasteiger partial charge in [-0.1, -0.05) is 19.1 Å². The van der Waals surface area contributed by atoms with Crippen LogP contribution in [-0.4, -0.2) is 20.8 Å². The van der Waals surface area contributed by atoms with E-state index in [9.17, 15) is 0 Å². The molecule has 2 aromatic rings. The monoisotopic (exact) mass is 277 g/mol. The van der Waals surface area contributed by atoms with Crippen LogP contribution in [0, 0.1) is 0 Å². The van der Waals surface area contributed by atoms with Crippen molar-refractivity contribution in [3.05, 3.63) is 46.2 Å². The van der Waals surface area contributed by atoms with Crippen LogP contribution in [0.1, 0.15) is 23.4 Å². The van der Waals surface area contributed by atoms with E-state index < -0.39 is 0 Å². The first kappa shape index (κ1) is 13.9. The van der Waals surface area contributed by atoms with Crippen molar-refractivity contribution in [1.29, 1.82) is 0 Å². The lowest BCUT2D eigenvalue weighted by Gasteiger charge is -2.18. The minimum atomic E-state index is 0.199. The predicted molar refractivity (Wildman–Crippen MR) is 79.4 cm³/mol. The standard InChI is InChI=1S/C15H19NO2S/c1-4-16-15(14-6-5-9-19-14)11-7-8-12(17-2)13(10-11)18-3/h5-10,15-16H,4H2,1-3H3. The third-order valence-electron chi connectivity index (χ3n) is 2.98. The molecule has 0 bridgehead atoms. The average molecular weight is 277 g/mol. The maximum atomic E-state index is 5.37. The normalized spacial score (nSPS) is 12.2. The maximum Gasteiger partial charge on any atom is 0.161 e. The highest BCUT2D eigenvalue weighted by atomic mass is 32.1. The van der Waals surface area contributed by atoms with E-state index in [1.807, 2.05) is 12.1 Å². The molecular weight excluding hydrogens is 258 g/mol. The van der Waals surface area contributed by atoms with Crippen LogP contribution in [0.2, 0.25) is 0 Å². The molecule has 0 fully saturated rings. The number of rotatable bonds is 6. The predicted octanol–water partition coefficient (Wildman–Crippen LogP) is 3.46. The van der Waals surface area contributed by atoms with Crippen LogP contribution < -0.4 is 14.8 Å². The fourth-order valence-corrected chi connectivity index (χ4v) is 2.90. The Bertz CT molecular complexity index is 511. The highest BCUT2D eigenvalue weighted by Crippen LogP contribution is 2.33. The number of ether oxygens (including phenoxy) is 2. The Morgan fingerprint density at radius 1 is 1.16 bits per heavy atom. The number of thiophene rings is 1. The molecule has 1 aromatic carbocycles. The highest BCUT2D eigenvalue weighted by Gasteiger charge is 2.16. The topological polar surface area (TPSA) is 30.5 Å². The fourth-order valence-electron chi connectivity index (χ4n) is 2.07. The summed E-state index contributed by atoms with van der Waals surface area (Å²) in [6.45, 7) is 3.03. The molecule has 1 aromatic heterocycles. The molecule has 0 saturated carbocycles. The lowest BCUT2D eigenvalue weighted by molar-refractivity contribution is 0.354. The van der Waals surface area contributed by atoms with Crippen molar-refractivity contribution in [2.24, 2.45) is 0 Å². The first-order valence-corrected chi connectivity index (χ1v) is 7.16. The summed E-state index contributed by atoms with van der Waals surface area (Å²) in [6.07, 6.45) is 0. The Labute approximate surface area is 118 Å². The Morgan fingerprint density at radius 2 is 1.95 bits per heavy atom. The summed E-state index contributed by atoms with van der Waals surface area (Å²) in [4.78, 5) is 1.30. The molecule has 0 saturated heterocycles. The van der Waals surface area contributed by atoms with Gasteiger partial charge in [0.15, 0.2) is 11.5 Å². The van der Waals surface area contributed by atoms with Crippen molar-refractivity contribution < 1.29 is 9.47 Å². The molecule has 102 valence electrons. The molecule has 0 spiro atoms. The van der Waals surface area contributed by atoms with Crippen LogP contribution in [0.25, 0.3) is 0 Å². The second-order valence-electron chi connectivity index (χ2n) is 4.12. The summed E-state index contributed by atoms with van der Waals surface area (Å²) in [6, 6.07) is 10.5. The summed E-state index contributed by atoms with van der Waals surface area (Å²) in [5.74, 6) is 1.52. The summed E-state index contributed by atoms with van der Waals surface area (Å²) in [7, 11) is 3.31. The molecule has 0 aliphatic rings. The van der Waals surface area contributed by atoms with E-state index in [4.69, 9.17) is 9.47 Å². The molecule has 19 heavy (non-hydrogen) atoms. The fraction of sp³-hybridized carbons (Fsp3) is 0.333.